The van der Waals surface area contributed by atoms with Gasteiger partial charge >= 0.3 is 0 Å². The van der Waals surface area contributed by atoms with E-state index in [-0.39, 0.29) is 11.8 Å². The molecule has 1 fully saturated rings. The average Bonchev–Trinajstić information content (AvgIpc) is 3.26. The predicted molar refractivity (Wildman–Crippen MR) is 131 cm³/mol. The number of nitrogens with zero attached hydrogens (tertiary/aromatic N) is 1. The molecule has 1 heterocycles. The van der Waals surface area contributed by atoms with Gasteiger partial charge in [0.05, 0.1) is 19.3 Å². The lowest BCUT2D eigenvalue weighted by Crippen LogP contribution is -2.37. The maximum absolute atomic E-state index is 12.7. The van der Waals surface area contributed by atoms with Crippen LogP contribution in [0.5, 0.6) is 5.75 Å². The van der Waals surface area contributed by atoms with Gasteiger partial charge in [-0.05, 0) is 67.8 Å². The largest absolute Gasteiger partial charge is 0.495 e. The third kappa shape index (κ3) is 5.99. The first-order chi connectivity index (χ1) is 16.1. The minimum atomic E-state index is -0.238. The average molecular weight is 444 g/mol. The lowest BCUT2D eigenvalue weighted by molar-refractivity contribution is -0.117. The second kappa shape index (κ2) is 10.8. The Hall–Kier alpha value is -3.64. The number of methoxy groups -OCH3 is 1. The molecule has 1 aliphatic rings. The third-order valence-electron chi connectivity index (χ3n) is 5.95. The van der Waals surface area contributed by atoms with E-state index in [1.807, 2.05) is 18.2 Å². The number of nitrogens with one attached hydrogen (secondary N) is 2. The number of rotatable bonds is 8. The Kier molecular flexibility index (Phi) is 7.37. The van der Waals surface area contributed by atoms with Crippen LogP contribution in [0, 0.1) is 0 Å². The van der Waals surface area contributed by atoms with Crippen molar-refractivity contribution < 1.29 is 14.3 Å². The minimum Gasteiger partial charge on any atom is -0.495 e. The van der Waals surface area contributed by atoms with Crippen molar-refractivity contribution in [3.05, 3.63) is 90.0 Å². The quantitative estimate of drug-likeness (QED) is 0.534. The van der Waals surface area contributed by atoms with Crippen molar-refractivity contribution in [1.29, 1.82) is 0 Å². The molecule has 0 bridgehead atoms. The predicted octanol–water partition coefficient (Wildman–Crippen LogP) is 4.59. The summed E-state index contributed by atoms with van der Waals surface area (Å²) in [6.45, 7) is 1.31. The van der Waals surface area contributed by atoms with Gasteiger partial charge in [-0.2, -0.15) is 0 Å². The van der Waals surface area contributed by atoms with Gasteiger partial charge in [0, 0.05) is 17.3 Å². The molecule has 1 saturated heterocycles. The lowest BCUT2D eigenvalue weighted by Gasteiger charge is -2.24. The van der Waals surface area contributed by atoms with E-state index in [1.165, 1.54) is 5.56 Å². The fourth-order valence-corrected chi connectivity index (χ4v) is 4.25. The number of hydrogen-bond donors (Lipinski definition) is 2. The Labute approximate surface area is 194 Å². The molecule has 6 nitrogen and oxygen atoms in total. The number of carbonyl (C=O) groups excluding carboxylic acids is 2. The number of para-hydroxylation sites is 2. The van der Waals surface area contributed by atoms with Gasteiger partial charge in [0.1, 0.15) is 5.75 Å². The second-order valence-corrected chi connectivity index (χ2v) is 8.24. The van der Waals surface area contributed by atoms with Gasteiger partial charge in [-0.1, -0.05) is 42.5 Å². The summed E-state index contributed by atoms with van der Waals surface area (Å²) >= 11 is 0. The number of ether oxygens (including phenoxy) is 1. The Morgan fingerprint density at radius 2 is 1.67 bits per heavy atom. The maximum atomic E-state index is 12.7. The topological polar surface area (TPSA) is 70.7 Å². The zero-order valence-corrected chi connectivity index (χ0v) is 18.8. The molecular formula is C27H29N3O3. The van der Waals surface area contributed by atoms with Gasteiger partial charge in [-0.15, -0.1) is 0 Å². The zero-order valence-electron chi connectivity index (χ0n) is 18.8. The summed E-state index contributed by atoms with van der Waals surface area (Å²) in [5.74, 6) is 0.321. The molecule has 0 aliphatic carbocycles. The summed E-state index contributed by atoms with van der Waals surface area (Å²) in [6.07, 6.45) is 3.18. The van der Waals surface area contributed by atoms with Crippen molar-refractivity contribution in [2.75, 3.05) is 30.8 Å². The SMILES string of the molecule is COc1ccccc1NC(=O)c1ccc(NC(=O)CN2CCC[C@H]2Cc2ccccc2)cc1. The summed E-state index contributed by atoms with van der Waals surface area (Å²) < 4.78 is 5.27. The van der Waals surface area contributed by atoms with Crippen LogP contribution in [0.3, 0.4) is 0 Å². The molecule has 0 radical (unpaired) electrons. The summed E-state index contributed by atoms with van der Waals surface area (Å²) in [4.78, 5) is 27.5. The first-order valence-electron chi connectivity index (χ1n) is 11.2. The fraction of sp³-hybridized carbons (Fsp3) is 0.259. The number of carbonyl (C=O) groups is 2. The number of hydrogen-bond acceptors (Lipinski definition) is 4. The van der Waals surface area contributed by atoms with Crippen LogP contribution >= 0.6 is 0 Å². The standard InChI is InChI=1S/C27H29N3O3/c1-33-25-12-6-5-11-24(25)29-27(32)21-13-15-22(16-14-21)28-26(31)19-30-17-7-10-23(30)18-20-8-3-2-4-9-20/h2-6,8-9,11-16,23H,7,10,17-19H2,1H3,(H,28,31)(H,29,32)/t23-/m0/s1. The monoisotopic (exact) mass is 443 g/mol. The molecule has 1 atom stereocenters. The number of likely N-dealkylation sites (tertiary alicyclic amines) is 1. The highest BCUT2D eigenvalue weighted by atomic mass is 16.5. The van der Waals surface area contributed by atoms with E-state index in [2.05, 4.69) is 39.8 Å². The summed E-state index contributed by atoms with van der Waals surface area (Å²) in [5, 5.41) is 5.81. The highest BCUT2D eigenvalue weighted by Crippen LogP contribution is 2.24. The van der Waals surface area contributed by atoms with Gasteiger partial charge in [-0.3, -0.25) is 14.5 Å². The molecular weight excluding hydrogens is 414 g/mol. The summed E-state index contributed by atoms with van der Waals surface area (Å²) in [7, 11) is 1.56. The van der Waals surface area contributed by atoms with Crippen molar-refractivity contribution in [3.8, 4) is 5.75 Å². The Bertz CT molecular complexity index is 1080. The molecule has 3 aromatic carbocycles. The summed E-state index contributed by atoms with van der Waals surface area (Å²) in [6, 6.07) is 25.0. The van der Waals surface area contributed by atoms with Crippen LogP contribution in [0.15, 0.2) is 78.9 Å². The maximum Gasteiger partial charge on any atom is 0.255 e. The molecule has 4 rings (SSSR count). The van der Waals surface area contributed by atoms with Gasteiger partial charge in [0.15, 0.2) is 0 Å². The Morgan fingerprint density at radius 3 is 2.42 bits per heavy atom. The van der Waals surface area contributed by atoms with E-state index >= 15 is 0 Å². The van der Waals surface area contributed by atoms with E-state index < -0.39 is 0 Å². The first-order valence-corrected chi connectivity index (χ1v) is 11.2. The molecule has 2 N–H and O–H groups in total. The highest BCUT2D eigenvalue weighted by Gasteiger charge is 2.26. The van der Waals surface area contributed by atoms with Crippen molar-refractivity contribution in [2.24, 2.45) is 0 Å². The van der Waals surface area contributed by atoms with E-state index in [0.717, 1.165) is 25.8 Å². The first kappa shape index (κ1) is 22.6. The molecule has 3 aromatic rings. The number of benzene rings is 3. The molecule has 170 valence electrons. The van der Waals surface area contributed by atoms with Crippen molar-refractivity contribution in [2.45, 2.75) is 25.3 Å². The van der Waals surface area contributed by atoms with Crippen LogP contribution in [0.4, 0.5) is 11.4 Å². The lowest BCUT2D eigenvalue weighted by atomic mass is 10.0. The van der Waals surface area contributed by atoms with Gasteiger partial charge in [0.2, 0.25) is 5.91 Å². The molecule has 2 amide bonds. The smallest absolute Gasteiger partial charge is 0.255 e. The fourth-order valence-electron chi connectivity index (χ4n) is 4.25. The van der Waals surface area contributed by atoms with Crippen LogP contribution in [0.1, 0.15) is 28.8 Å². The van der Waals surface area contributed by atoms with Crippen LogP contribution in [-0.4, -0.2) is 43.0 Å². The molecule has 6 heteroatoms. The van der Waals surface area contributed by atoms with E-state index in [0.29, 0.717) is 35.3 Å². The van der Waals surface area contributed by atoms with Gasteiger partial charge < -0.3 is 15.4 Å². The minimum absolute atomic E-state index is 0.0406. The van der Waals surface area contributed by atoms with Crippen LogP contribution < -0.4 is 15.4 Å². The van der Waals surface area contributed by atoms with Crippen molar-refractivity contribution in [1.82, 2.24) is 4.90 Å². The van der Waals surface area contributed by atoms with E-state index in [4.69, 9.17) is 4.74 Å². The molecule has 0 spiro atoms. The highest BCUT2D eigenvalue weighted by molar-refractivity contribution is 6.05. The number of anilines is 2. The molecule has 0 saturated carbocycles. The van der Waals surface area contributed by atoms with E-state index in [9.17, 15) is 9.59 Å². The Balaban J connectivity index is 1.31. The molecule has 33 heavy (non-hydrogen) atoms. The van der Waals surface area contributed by atoms with Crippen LogP contribution in [-0.2, 0) is 11.2 Å². The molecule has 1 aliphatic heterocycles. The van der Waals surface area contributed by atoms with Crippen molar-refractivity contribution in [3.63, 3.8) is 0 Å². The van der Waals surface area contributed by atoms with Crippen LogP contribution in [0.25, 0.3) is 0 Å². The van der Waals surface area contributed by atoms with Crippen LogP contribution in [0.2, 0.25) is 0 Å². The summed E-state index contributed by atoms with van der Waals surface area (Å²) in [5.41, 5.74) is 3.09. The third-order valence-corrected chi connectivity index (χ3v) is 5.95. The molecule has 0 aromatic heterocycles. The van der Waals surface area contributed by atoms with E-state index in [1.54, 1.807) is 43.5 Å². The zero-order chi connectivity index (χ0) is 23.0. The van der Waals surface area contributed by atoms with Gasteiger partial charge in [-0.25, -0.2) is 0 Å². The number of amides is 2. The van der Waals surface area contributed by atoms with Crippen molar-refractivity contribution >= 4 is 23.2 Å². The molecule has 0 unspecified atom stereocenters. The van der Waals surface area contributed by atoms with Gasteiger partial charge in [0.25, 0.3) is 5.91 Å². The Morgan fingerprint density at radius 1 is 0.939 bits per heavy atom. The second-order valence-electron chi connectivity index (χ2n) is 8.24. The normalized spacial score (nSPS) is 15.7.